The average molecular weight is 450 g/mol. The highest BCUT2D eigenvalue weighted by molar-refractivity contribution is 14.1. The van der Waals surface area contributed by atoms with Gasteiger partial charge in [0.2, 0.25) is 0 Å². The van der Waals surface area contributed by atoms with E-state index in [4.69, 9.17) is 0 Å². The average Bonchev–Trinajstić information content (AvgIpc) is 2.84. The van der Waals surface area contributed by atoms with E-state index in [1.54, 1.807) is 0 Å². The van der Waals surface area contributed by atoms with Gasteiger partial charge in [0.05, 0.1) is 0 Å². The van der Waals surface area contributed by atoms with Crippen molar-refractivity contribution in [1.29, 1.82) is 0 Å². The molecule has 0 aromatic heterocycles. The molecule has 1 aliphatic rings. The minimum atomic E-state index is 0.0464. The lowest BCUT2D eigenvalue weighted by atomic mass is 9.81. The summed E-state index contributed by atoms with van der Waals surface area (Å²) < 4.78 is 1.30. The molecule has 0 saturated heterocycles. The fraction of sp³-hybridized carbons (Fsp3) is 0.200. The molecular formula is C25H23I. The summed E-state index contributed by atoms with van der Waals surface area (Å²) >= 11 is 2.41. The van der Waals surface area contributed by atoms with E-state index in [2.05, 4.69) is 117 Å². The van der Waals surface area contributed by atoms with E-state index in [-0.39, 0.29) is 5.41 Å². The predicted molar refractivity (Wildman–Crippen MR) is 121 cm³/mol. The summed E-state index contributed by atoms with van der Waals surface area (Å²) in [6.07, 6.45) is 2.30. The monoisotopic (exact) mass is 450 g/mol. The van der Waals surface area contributed by atoms with Crippen LogP contribution in [-0.4, -0.2) is 0 Å². The number of fused-ring (bicyclic) bond motifs is 3. The molecule has 3 aromatic carbocycles. The molecule has 4 rings (SSSR count). The van der Waals surface area contributed by atoms with Gasteiger partial charge in [0.1, 0.15) is 0 Å². The number of rotatable bonds is 2. The van der Waals surface area contributed by atoms with E-state index in [0.717, 1.165) is 0 Å². The molecule has 26 heavy (non-hydrogen) atoms. The van der Waals surface area contributed by atoms with Gasteiger partial charge in [0, 0.05) is 8.99 Å². The van der Waals surface area contributed by atoms with Crippen molar-refractivity contribution < 1.29 is 0 Å². The normalized spacial score (nSPS) is 14.9. The molecule has 0 nitrogen and oxygen atoms in total. The van der Waals surface area contributed by atoms with E-state index in [9.17, 15) is 0 Å². The second-order valence-corrected chi connectivity index (χ2v) is 9.00. The van der Waals surface area contributed by atoms with Gasteiger partial charge in [-0.15, -0.1) is 0 Å². The largest absolute Gasteiger partial charge is 0.0620 e. The van der Waals surface area contributed by atoms with Crippen molar-refractivity contribution in [3.63, 3.8) is 0 Å². The van der Waals surface area contributed by atoms with Gasteiger partial charge >= 0.3 is 0 Å². The Balaban J connectivity index is 1.81. The first-order valence-corrected chi connectivity index (χ1v) is 10.1. The smallest absolute Gasteiger partial charge is 0.0159 e. The number of aryl methyl sites for hydroxylation is 1. The van der Waals surface area contributed by atoms with Gasteiger partial charge in [-0.25, -0.2) is 0 Å². The number of halogens is 1. The van der Waals surface area contributed by atoms with Gasteiger partial charge in [-0.2, -0.15) is 0 Å². The van der Waals surface area contributed by atoms with Crippen molar-refractivity contribution >= 4 is 34.2 Å². The fourth-order valence-electron chi connectivity index (χ4n) is 4.02. The molecule has 0 atom stereocenters. The lowest BCUT2D eigenvalue weighted by molar-refractivity contribution is 0.659. The summed E-state index contributed by atoms with van der Waals surface area (Å²) in [7, 11) is 0. The Labute approximate surface area is 170 Å². The summed E-state index contributed by atoms with van der Waals surface area (Å²) in [5.41, 5.74) is 10.9. The van der Waals surface area contributed by atoms with Crippen molar-refractivity contribution in [2.24, 2.45) is 0 Å². The van der Waals surface area contributed by atoms with Crippen molar-refractivity contribution in [1.82, 2.24) is 0 Å². The maximum atomic E-state index is 2.41. The van der Waals surface area contributed by atoms with Crippen molar-refractivity contribution in [2.45, 2.75) is 33.1 Å². The predicted octanol–water partition coefficient (Wildman–Crippen LogP) is 7.47. The number of allylic oxidation sites excluding steroid dienone is 1. The molecule has 0 radical (unpaired) electrons. The zero-order valence-corrected chi connectivity index (χ0v) is 17.9. The Morgan fingerprint density at radius 3 is 2.27 bits per heavy atom. The molecule has 1 heteroatoms. The lowest BCUT2D eigenvalue weighted by Crippen LogP contribution is -2.15. The van der Waals surface area contributed by atoms with E-state index >= 15 is 0 Å². The molecule has 0 bridgehead atoms. The van der Waals surface area contributed by atoms with Crippen LogP contribution in [0.3, 0.4) is 0 Å². The molecule has 1 aliphatic carbocycles. The quantitative estimate of drug-likeness (QED) is 0.281. The lowest BCUT2D eigenvalue weighted by Gasteiger charge is -2.22. The molecule has 0 N–H and O–H groups in total. The molecule has 0 unspecified atom stereocenters. The minimum absolute atomic E-state index is 0.0464. The first-order valence-electron chi connectivity index (χ1n) is 9.07. The summed E-state index contributed by atoms with van der Waals surface area (Å²) in [5.74, 6) is 0. The van der Waals surface area contributed by atoms with Crippen LogP contribution in [0.1, 0.15) is 48.6 Å². The molecule has 0 aliphatic heterocycles. The van der Waals surface area contributed by atoms with Crippen LogP contribution in [0.15, 0.2) is 60.7 Å². The summed E-state index contributed by atoms with van der Waals surface area (Å²) in [6, 6.07) is 22.4. The number of hydrogen-bond acceptors (Lipinski definition) is 0. The second kappa shape index (κ2) is 6.38. The highest BCUT2D eigenvalue weighted by atomic mass is 127. The zero-order valence-electron chi connectivity index (χ0n) is 15.7. The molecule has 0 fully saturated rings. The third-order valence-corrected chi connectivity index (χ3v) is 6.32. The van der Waals surface area contributed by atoms with Gasteiger partial charge in [-0.3, -0.25) is 0 Å². The van der Waals surface area contributed by atoms with Crippen molar-refractivity contribution in [2.75, 3.05) is 0 Å². The standard InChI is InChI=1S/C25H23I/c1-16-7-5-6-8-18(16)13-17(2)19-9-11-21-22-12-10-20(26)15-24(22)25(3,4)23(21)14-19/h5-15H,1-4H3/b17-13+. The Hall–Kier alpha value is -1.87. The topological polar surface area (TPSA) is 0 Å². The molecule has 0 spiro atoms. The maximum absolute atomic E-state index is 2.41. The van der Waals surface area contributed by atoms with Crippen molar-refractivity contribution in [3.8, 4) is 11.1 Å². The van der Waals surface area contributed by atoms with Crippen LogP contribution in [0.2, 0.25) is 0 Å². The van der Waals surface area contributed by atoms with Crippen molar-refractivity contribution in [3.05, 3.63) is 92.1 Å². The summed E-state index contributed by atoms with van der Waals surface area (Å²) in [5, 5.41) is 0. The third kappa shape index (κ3) is 2.83. The maximum Gasteiger partial charge on any atom is 0.0159 e. The summed E-state index contributed by atoms with van der Waals surface area (Å²) in [6.45, 7) is 9.07. The highest BCUT2D eigenvalue weighted by Crippen LogP contribution is 2.49. The SMILES string of the molecule is C/C(=C\c1ccccc1C)c1ccc2c(c1)C(C)(C)c1cc(I)ccc1-2. The van der Waals surface area contributed by atoms with E-state index in [1.165, 1.54) is 48.1 Å². The fourth-order valence-corrected chi connectivity index (χ4v) is 4.51. The Morgan fingerprint density at radius 1 is 0.885 bits per heavy atom. The molecule has 0 saturated carbocycles. The van der Waals surface area contributed by atoms with Gasteiger partial charge in [-0.05, 0) is 99.2 Å². The third-order valence-electron chi connectivity index (χ3n) is 5.65. The van der Waals surface area contributed by atoms with Crippen LogP contribution in [0.4, 0.5) is 0 Å². The van der Waals surface area contributed by atoms with Crippen LogP contribution in [0, 0.1) is 10.5 Å². The van der Waals surface area contributed by atoms with Crippen LogP contribution in [0.5, 0.6) is 0 Å². The van der Waals surface area contributed by atoms with Crippen LogP contribution < -0.4 is 0 Å². The molecule has 0 amide bonds. The van der Waals surface area contributed by atoms with Gasteiger partial charge < -0.3 is 0 Å². The Kier molecular flexibility index (Phi) is 4.31. The first kappa shape index (κ1) is 17.5. The molecular weight excluding hydrogens is 427 g/mol. The van der Waals surface area contributed by atoms with Gasteiger partial charge in [0.25, 0.3) is 0 Å². The van der Waals surface area contributed by atoms with Crippen LogP contribution in [-0.2, 0) is 5.41 Å². The number of benzene rings is 3. The zero-order chi connectivity index (χ0) is 18.5. The van der Waals surface area contributed by atoms with Crippen LogP contribution in [0.25, 0.3) is 22.8 Å². The van der Waals surface area contributed by atoms with E-state index in [1.807, 2.05) is 0 Å². The highest BCUT2D eigenvalue weighted by Gasteiger charge is 2.35. The molecule has 0 heterocycles. The Morgan fingerprint density at radius 2 is 1.54 bits per heavy atom. The van der Waals surface area contributed by atoms with Gasteiger partial charge in [-0.1, -0.05) is 62.4 Å². The van der Waals surface area contributed by atoms with Crippen LogP contribution >= 0.6 is 22.6 Å². The summed E-state index contributed by atoms with van der Waals surface area (Å²) in [4.78, 5) is 0. The van der Waals surface area contributed by atoms with E-state index in [0.29, 0.717) is 0 Å². The second-order valence-electron chi connectivity index (χ2n) is 7.76. The first-order chi connectivity index (χ1) is 12.4. The van der Waals surface area contributed by atoms with Gasteiger partial charge in [0.15, 0.2) is 0 Å². The molecule has 3 aromatic rings. The Bertz CT molecular complexity index is 1040. The van der Waals surface area contributed by atoms with E-state index < -0.39 is 0 Å². The molecule has 130 valence electrons. The minimum Gasteiger partial charge on any atom is -0.0620 e. The number of hydrogen-bond donors (Lipinski definition) is 0.